The lowest BCUT2D eigenvalue weighted by Crippen LogP contribution is -1.91. The molecule has 0 saturated heterocycles. The minimum Gasteiger partial charge on any atom is -0.441 e. The predicted octanol–water partition coefficient (Wildman–Crippen LogP) is 3.59. The summed E-state index contributed by atoms with van der Waals surface area (Å²) in [6.45, 7) is 0. The topological polar surface area (TPSA) is 52.0 Å². The highest BCUT2D eigenvalue weighted by Gasteiger charge is 2.04. The van der Waals surface area contributed by atoms with E-state index in [4.69, 9.17) is 10.2 Å². The fourth-order valence-corrected chi connectivity index (χ4v) is 2.15. The highest BCUT2D eigenvalue weighted by molar-refractivity contribution is 5.72. The number of anilines is 1. The highest BCUT2D eigenvalue weighted by atomic mass is 16.3. The molecule has 0 radical (unpaired) electrons. The van der Waals surface area contributed by atoms with Gasteiger partial charge in [-0.15, -0.1) is 0 Å². The number of oxazole rings is 1. The van der Waals surface area contributed by atoms with E-state index in [1.807, 2.05) is 36.4 Å². The smallest absolute Gasteiger partial charge is 0.195 e. The molecular weight excluding hydrogens is 236 g/mol. The van der Waals surface area contributed by atoms with Crippen LogP contribution in [0, 0.1) is 0 Å². The van der Waals surface area contributed by atoms with Crippen molar-refractivity contribution in [2.24, 2.45) is 0 Å². The minimum absolute atomic E-state index is 0.808. The van der Waals surface area contributed by atoms with Gasteiger partial charge in [-0.2, -0.15) is 0 Å². The molecule has 3 nitrogen and oxygen atoms in total. The average molecular weight is 252 g/mol. The van der Waals surface area contributed by atoms with Crippen molar-refractivity contribution in [3.05, 3.63) is 60.0 Å². The second kappa shape index (κ2) is 5.14. The fourth-order valence-electron chi connectivity index (χ4n) is 2.15. The number of aryl methyl sites for hydroxylation is 2. The molecule has 0 amide bonds. The maximum atomic E-state index is 5.69. The summed E-state index contributed by atoms with van der Waals surface area (Å²) in [5.74, 6) is 0.816. The van der Waals surface area contributed by atoms with Crippen LogP contribution in [0.5, 0.6) is 0 Å². The van der Waals surface area contributed by atoms with E-state index >= 15 is 0 Å². The first-order valence-corrected chi connectivity index (χ1v) is 6.50. The molecule has 2 aromatic carbocycles. The van der Waals surface area contributed by atoms with Crippen molar-refractivity contribution in [2.45, 2.75) is 19.3 Å². The third-order valence-corrected chi connectivity index (χ3v) is 3.17. The van der Waals surface area contributed by atoms with Crippen LogP contribution in [0.3, 0.4) is 0 Å². The molecule has 0 aliphatic carbocycles. The van der Waals surface area contributed by atoms with Crippen molar-refractivity contribution in [1.82, 2.24) is 4.98 Å². The Morgan fingerprint density at radius 1 is 0.947 bits per heavy atom. The Hall–Kier alpha value is -2.29. The molecule has 0 saturated carbocycles. The Bertz CT molecular complexity index is 638. The highest BCUT2D eigenvalue weighted by Crippen LogP contribution is 2.16. The Morgan fingerprint density at radius 3 is 2.53 bits per heavy atom. The van der Waals surface area contributed by atoms with Gasteiger partial charge in [0.15, 0.2) is 11.5 Å². The number of rotatable bonds is 4. The number of nitrogens with two attached hydrogens (primary N) is 1. The summed E-state index contributed by atoms with van der Waals surface area (Å²) >= 11 is 0. The van der Waals surface area contributed by atoms with E-state index < -0.39 is 0 Å². The lowest BCUT2D eigenvalue weighted by Gasteiger charge is -2.00. The first kappa shape index (κ1) is 11.8. The van der Waals surface area contributed by atoms with Crippen LogP contribution in [0.25, 0.3) is 11.1 Å². The van der Waals surface area contributed by atoms with E-state index in [0.29, 0.717) is 0 Å². The van der Waals surface area contributed by atoms with E-state index in [0.717, 1.165) is 41.9 Å². The van der Waals surface area contributed by atoms with Gasteiger partial charge in [0.2, 0.25) is 0 Å². The fraction of sp³-hybridized carbons (Fsp3) is 0.188. The largest absolute Gasteiger partial charge is 0.441 e. The van der Waals surface area contributed by atoms with Gasteiger partial charge in [-0.1, -0.05) is 24.3 Å². The van der Waals surface area contributed by atoms with Crippen molar-refractivity contribution in [3.8, 4) is 0 Å². The third-order valence-electron chi connectivity index (χ3n) is 3.17. The maximum Gasteiger partial charge on any atom is 0.195 e. The Morgan fingerprint density at radius 2 is 1.74 bits per heavy atom. The number of fused-ring (bicyclic) bond motifs is 1. The molecular formula is C16H16N2O. The van der Waals surface area contributed by atoms with Gasteiger partial charge in [0.1, 0.15) is 5.52 Å². The molecule has 0 aliphatic heterocycles. The molecule has 2 N–H and O–H groups in total. The minimum atomic E-state index is 0.808. The van der Waals surface area contributed by atoms with Gasteiger partial charge in [0.25, 0.3) is 0 Å². The normalized spacial score (nSPS) is 10.9. The van der Waals surface area contributed by atoms with E-state index in [1.165, 1.54) is 5.56 Å². The Balaban J connectivity index is 1.61. The average Bonchev–Trinajstić information content (AvgIpc) is 2.83. The van der Waals surface area contributed by atoms with Crippen LogP contribution in [0.2, 0.25) is 0 Å². The molecule has 3 heteroatoms. The molecule has 0 aliphatic rings. The first-order chi connectivity index (χ1) is 9.31. The van der Waals surface area contributed by atoms with E-state index in [1.54, 1.807) is 0 Å². The SMILES string of the molecule is Nc1ccc(CCCc2nc3ccccc3o2)cc1. The first-order valence-electron chi connectivity index (χ1n) is 6.50. The number of hydrogen-bond acceptors (Lipinski definition) is 3. The third kappa shape index (κ3) is 2.76. The van der Waals surface area contributed by atoms with Crippen LogP contribution in [-0.4, -0.2) is 4.98 Å². The van der Waals surface area contributed by atoms with Gasteiger partial charge in [0.05, 0.1) is 0 Å². The summed E-state index contributed by atoms with van der Waals surface area (Å²) in [4.78, 5) is 4.47. The van der Waals surface area contributed by atoms with Crippen LogP contribution < -0.4 is 5.73 Å². The molecule has 0 bridgehead atoms. The van der Waals surface area contributed by atoms with E-state index in [-0.39, 0.29) is 0 Å². The lowest BCUT2D eigenvalue weighted by molar-refractivity contribution is 0.519. The van der Waals surface area contributed by atoms with Crippen molar-refractivity contribution < 1.29 is 4.42 Å². The van der Waals surface area contributed by atoms with Crippen molar-refractivity contribution in [1.29, 1.82) is 0 Å². The van der Waals surface area contributed by atoms with Crippen molar-refractivity contribution in [2.75, 3.05) is 5.73 Å². The van der Waals surface area contributed by atoms with Gasteiger partial charge in [-0.05, 0) is 42.7 Å². The van der Waals surface area contributed by atoms with Crippen LogP contribution in [0.4, 0.5) is 5.69 Å². The molecule has 3 aromatic rings. The number of benzene rings is 2. The summed E-state index contributed by atoms with van der Waals surface area (Å²) in [6, 6.07) is 15.9. The van der Waals surface area contributed by atoms with Crippen LogP contribution >= 0.6 is 0 Å². The molecule has 0 spiro atoms. The molecule has 96 valence electrons. The molecule has 0 unspecified atom stereocenters. The van der Waals surface area contributed by atoms with Gasteiger partial charge in [-0.25, -0.2) is 4.98 Å². The number of para-hydroxylation sites is 2. The van der Waals surface area contributed by atoms with Crippen LogP contribution in [0.15, 0.2) is 52.9 Å². The lowest BCUT2D eigenvalue weighted by atomic mass is 10.1. The predicted molar refractivity (Wildman–Crippen MR) is 76.9 cm³/mol. The molecule has 3 rings (SSSR count). The van der Waals surface area contributed by atoms with Gasteiger partial charge in [0, 0.05) is 12.1 Å². The summed E-state index contributed by atoms with van der Waals surface area (Å²) in [6.07, 6.45) is 2.90. The van der Waals surface area contributed by atoms with Gasteiger partial charge in [-0.3, -0.25) is 0 Å². The maximum absolute atomic E-state index is 5.69. The number of hydrogen-bond donors (Lipinski definition) is 1. The van der Waals surface area contributed by atoms with E-state index in [2.05, 4.69) is 17.1 Å². The summed E-state index contributed by atoms with van der Waals surface area (Å²) < 4.78 is 5.69. The van der Waals surface area contributed by atoms with Gasteiger partial charge >= 0.3 is 0 Å². The Labute approximate surface area is 112 Å². The molecule has 1 heterocycles. The number of nitrogens with zero attached hydrogens (tertiary/aromatic N) is 1. The second-order valence-electron chi connectivity index (χ2n) is 4.67. The van der Waals surface area contributed by atoms with Crippen LogP contribution in [0.1, 0.15) is 17.9 Å². The van der Waals surface area contributed by atoms with E-state index in [9.17, 15) is 0 Å². The van der Waals surface area contributed by atoms with Crippen molar-refractivity contribution in [3.63, 3.8) is 0 Å². The molecule has 1 aromatic heterocycles. The molecule has 0 atom stereocenters. The zero-order valence-electron chi connectivity index (χ0n) is 10.7. The summed E-state index contributed by atoms with van der Waals surface area (Å²) in [7, 11) is 0. The quantitative estimate of drug-likeness (QED) is 0.722. The monoisotopic (exact) mass is 252 g/mol. The van der Waals surface area contributed by atoms with Crippen LogP contribution in [-0.2, 0) is 12.8 Å². The second-order valence-corrected chi connectivity index (χ2v) is 4.67. The van der Waals surface area contributed by atoms with Crippen molar-refractivity contribution >= 4 is 16.8 Å². The standard InChI is InChI=1S/C16H16N2O/c17-13-10-8-12(9-11-13)4-3-7-16-18-14-5-1-2-6-15(14)19-16/h1-2,5-6,8-11H,3-4,7,17H2. The molecule has 19 heavy (non-hydrogen) atoms. The number of aromatic nitrogens is 1. The zero-order valence-corrected chi connectivity index (χ0v) is 10.7. The number of nitrogen functional groups attached to an aromatic ring is 1. The zero-order chi connectivity index (χ0) is 13.1. The summed E-state index contributed by atoms with van der Waals surface area (Å²) in [5, 5.41) is 0. The molecule has 0 fully saturated rings. The summed E-state index contributed by atoms with van der Waals surface area (Å²) in [5.41, 5.74) is 9.57. The Kier molecular flexibility index (Phi) is 3.19. The van der Waals surface area contributed by atoms with Gasteiger partial charge < -0.3 is 10.2 Å².